The fraction of sp³-hybridized carbons (Fsp3) is 0.235. The molecule has 1 aromatic carbocycles. The van der Waals surface area contributed by atoms with Crippen LogP contribution in [0.5, 0.6) is 0 Å². The molecule has 0 fully saturated rings. The summed E-state index contributed by atoms with van der Waals surface area (Å²) in [6, 6.07) is 11.7. The lowest BCUT2D eigenvalue weighted by molar-refractivity contribution is -0.121. The van der Waals surface area contributed by atoms with E-state index in [1.54, 1.807) is 19.5 Å². The number of hydrogen-bond acceptors (Lipinski definition) is 4. The Hall–Kier alpha value is -2.93. The average molecular weight is 325 g/mol. The number of aromatic nitrogens is 4. The highest BCUT2D eigenvalue weighted by Crippen LogP contribution is 2.16. The van der Waals surface area contributed by atoms with Gasteiger partial charge in [-0.05, 0) is 6.07 Å². The van der Waals surface area contributed by atoms with Crippen molar-refractivity contribution in [3.63, 3.8) is 0 Å². The van der Waals surface area contributed by atoms with Crippen molar-refractivity contribution in [1.29, 1.82) is 0 Å². The summed E-state index contributed by atoms with van der Waals surface area (Å²) < 4.78 is 6.84. The summed E-state index contributed by atoms with van der Waals surface area (Å²) in [4.78, 5) is 16.5. The number of carbonyl (C=O) groups excluding carboxylic acids is 1. The van der Waals surface area contributed by atoms with Crippen LogP contribution in [-0.2, 0) is 29.2 Å². The minimum atomic E-state index is -0.0897. The van der Waals surface area contributed by atoms with Crippen LogP contribution in [0.25, 0.3) is 11.4 Å². The molecule has 2 heterocycles. The van der Waals surface area contributed by atoms with Gasteiger partial charge in [0.15, 0.2) is 0 Å². The highest BCUT2D eigenvalue weighted by molar-refractivity contribution is 5.76. The van der Waals surface area contributed by atoms with Crippen molar-refractivity contribution in [2.24, 2.45) is 0 Å². The molecule has 2 N–H and O–H groups in total. The van der Waals surface area contributed by atoms with Gasteiger partial charge in [-0.1, -0.05) is 30.3 Å². The second-order valence-corrected chi connectivity index (χ2v) is 5.34. The highest BCUT2D eigenvalue weighted by Gasteiger charge is 2.10. The molecule has 1 amide bonds. The zero-order valence-electron chi connectivity index (χ0n) is 13.4. The molecule has 0 saturated heterocycles. The Morgan fingerprint density at radius 3 is 2.96 bits per heavy atom. The van der Waals surface area contributed by atoms with E-state index in [0.29, 0.717) is 13.2 Å². The standard InChI is InChI=1S/C17H19N5O2/c1-24-12-15-9-14(20-21-15)10-19-16(23)11-22-8-7-18-17(22)13-5-3-2-4-6-13/h2-9H,10-12H2,1H3,(H,19,23)(H,20,21). The summed E-state index contributed by atoms with van der Waals surface area (Å²) in [6.07, 6.45) is 3.50. The molecule has 0 spiro atoms. The van der Waals surface area contributed by atoms with Gasteiger partial charge in [-0.25, -0.2) is 4.98 Å². The largest absolute Gasteiger partial charge is 0.378 e. The molecule has 0 radical (unpaired) electrons. The molecule has 7 nitrogen and oxygen atoms in total. The summed E-state index contributed by atoms with van der Waals surface area (Å²) >= 11 is 0. The van der Waals surface area contributed by atoms with Gasteiger partial charge in [0.2, 0.25) is 5.91 Å². The lowest BCUT2D eigenvalue weighted by Crippen LogP contribution is -2.27. The normalized spacial score (nSPS) is 10.7. The van der Waals surface area contributed by atoms with Gasteiger partial charge >= 0.3 is 0 Å². The Bertz CT molecular complexity index is 794. The predicted octanol–water partition coefficient (Wildman–Crippen LogP) is 1.74. The summed E-state index contributed by atoms with van der Waals surface area (Å²) in [5.41, 5.74) is 2.63. The topological polar surface area (TPSA) is 84.8 Å². The molecule has 124 valence electrons. The number of ether oxygens (including phenoxy) is 1. The summed E-state index contributed by atoms with van der Waals surface area (Å²) in [7, 11) is 1.62. The quantitative estimate of drug-likeness (QED) is 0.693. The third-order valence-electron chi connectivity index (χ3n) is 3.51. The van der Waals surface area contributed by atoms with Crippen LogP contribution in [0.1, 0.15) is 11.4 Å². The van der Waals surface area contributed by atoms with Crippen LogP contribution < -0.4 is 5.32 Å². The zero-order chi connectivity index (χ0) is 16.8. The van der Waals surface area contributed by atoms with Crippen LogP contribution in [0, 0.1) is 0 Å². The number of imidazole rings is 1. The van der Waals surface area contributed by atoms with Crippen LogP contribution in [0.4, 0.5) is 0 Å². The average Bonchev–Trinajstić information content (AvgIpc) is 3.24. The number of carbonyl (C=O) groups is 1. The molecule has 0 atom stereocenters. The Balaban J connectivity index is 1.58. The molecule has 0 aliphatic carbocycles. The number of amides is 1. The van der Waals surface area contributed by atoms with Gasteiger partial charge in [0.05, 0.1) is 24.5 Å². The number of nitrogens with one attached hydrogen (secondary N) is 2. The highest BCUT2D eigenvalue weighted by atomic mass is 16.5. The third-order valence-corrected chi connectivity index (χ3v) is 3.51. The van der Waals surface area contributed by atoms with Crippen molar-refractivity contribution in [2.75, 3.05) is 7.11 Å². The van der Waals surface area contributed by atoms with Crippen molar-refractivity contribution < 1.29 is 9.53 Å². The van der Waals surface area contributed by atoms with Crippen molar-refractivity contribution in [3.8, 4) is 11.4 Å². The van der Waals surface area contributed by atoms with E-state index in [2.05, 4.69) is 20.5 Å². The summed E-state index contributed by atoms with van der Waals surface area (Å²) in [6.45, 7) is 1.05. The molecule has 24 heavy (non-hydrogen) atoms. The van der Waals surface area contributed by atoms with Crippen LogP contribution in [-0.4, -0.2) is 32.8 Å². The van der Waals surface area contributed by atoms with E-state index in [1.165, 1.54) is 0 Å². The number of hydrogen-bond donors (Lipinski definition) is 2. The van der Waals surface area contributed by atoms with Crippen LogP contribution in [0.2, 0.25) is 0 Å². The summed E-state index contributed by atoms with van der Waals surface area (Å²) in [5, 5.41) is 9.85. The van der Waals surface area contributed by atoms with Crippen molar-refractivity contribution in [3.05, 3.63) is 60.2 Å². The molecule has 0 aliphatic rings. The molecular formula is C17H19N5O2. The van der Waals surface area contributed by atoms with Crippen molar-refractivity contribution in [1.82, 2.24) is 25.1 Å². The second-order valence-electron chi connectivity index (χ2n) is 5.34. The van der Waals surface area contributed by atoms with Gasteiger partial charge in [-0.3, -0.25) is 9.89 Å². The Morgan fingerprint density at radius 2 is 2.17 bits per heavy atom. The van der Waals surface area contributed by atoms with E-state index in [0.717, 1.165) is 22.8 Å². The monoisotopic (exact) mass is 325 g/mol. The van der Waals surface area contributed by atoms with E-state index < -0.39 is 0 Å². The fourth-order valence-corrected chi connectivity index (χ4v) is 2.41. The second kappa shape index (κ2) is 7.56. The lowest BCUT2D eigenvalue weighted by atomic mass is 10.2. The van der Waals surface area contributed by atoms with Gasteiger partial charge in [-0.15, -0.1) is 0 Å². The number of H-pyrrole nitrogens is 1. The third kappa shape index (κ3) is 3.88. The van der Waals surface area contributed by atoms with Crippen molar-refractivity contribution >= 4 is 5.91 Å². The predicted molar refractivity (Wildman–Crippen MR) is 88.8 cm³/mol. The first-order chi connectivity index (χ1) is 11.8. The Morgan fingerprint density at radius 1 is 1.33 bits per heavy atom. The first-order valence-corrected chi connectivity index (χ1v) is 7.61. The van der Waals surface area contributed by atoms with E-state index >= 15 is 0 Å². The van der Waals surface area contributed by atoms with Gasteiger partial charge in [0, 0.05) is 25.1 Å². The smallest absolute Gasteiger partial charge is 0.240 e. The van der Waals surface area contributed by atoms with E-state index in [9.17, 15) is 4.79 Å². The number of nitrogens with zero attached hydrogens (tertiary/aromatic N) is 3. The maximum atomic E-state index is 12.2. The molecule has 7 heteroatoms. The number of benzene rings is 1. The Labute approximate surface area is 139 Å². The van der Waals surface area contributed by atoms with Crippen LogP contribution in [0.3, 0.4) is 0 Å². The maximum absolute atomic E-state index is 12.2. The first-order valence-electron chi connectivity index (χ1n) is 7.61. The van der Waals surface area contributed by atoms with Gasteiger partial charge in [0.25, 0.3) is 0 Å². The van der Waals surface area contributed by atoms with E-state index in [4.69, 9.17) is 4.74 Å². The van der Waals surface area contributed by atoms with Gasteiger partial charge in [0.1, 0.15) is 12.4 Å². The van der Waals surface area contributed by atoms with Crippen LogP contribution in [0.15, 0.2) is 48.8 Å². The van der Waals surface area contributed by atoms with E-state index in [-0.39, 0.29) is 12.5 Å². The van der Waals surface area contributed by atoms with Gasteiger partial charge < -0.3 is 14.6 Å². The number of methoxy groups -OCH3 is 1. The Kier molecular flexibility index (Phi) is 5.02. The van der Waals surface area contributed by atoms with Gasteiger partial charge in [-0.2, -0.15) is 5.10 Å². The fourth-order valence-electron chi connectivity index (χ4n) is 2.41. The molecular weight excluding hydrogens is 306 g/mol. The zero-order valence-corrected chi connectivity index (χ0v) is 13.4. The first kappa shape index (κ1) is 15.9. The summed E-state index contributed by atoms with van der Waals surface area (Å²) in [5.74, 6) is 0.683. The van der Waals surface area contributed by atoms with E-state index in [1.807, 2.05) is 41.0 Å². The molecule has 0 aliphatic heterocycles. The molecule has 0 unspecified atom stereocenters. The molecule has 0 saturated carbocycles. The van der Waals surface area contributed by atoms with Crippen LogP contribution >= 0.6 is 0 Å². The van der Waals surface area contributed by atoms with Crippen molar-refractivity contribution in [2.45, 2.75) is 19.7 Å². The number of aromatic amines is 1. The molecule has 3 rings (SSSR count). The SMILES string of the molecule is COCc1cc(CNC(=O)Cn2ccnc2-c2ccccc2)[nH]n1. The minimum Gasteiger partial charge on any atom is -0.378 e. The maximum Gasteiger partial charge on any atom is 0.240 e. The molecule has 3 aromatic rings. The number of rotatable bonds is 7. The molecule has 2 aromatic heterocycles. The minimum absolute atomic E-state index is 0.0897. The lowest BCUT2D eigenvalue weighted by Gasteiger charge is -2.08. The molecule has 0 bridgehead atoms.